The minimum Gasteiger partial charge on any atom is -0.490 e. The molecule has 0 unspecified atom stereocenters. The van der Waals surface area contributed by atoms with Gasteiger partial charge in [0.2, 0.25) is 0 Å². The molecule has 0 radical (unpaired) electrons. The molecule has 4 saturated carbocycles. The minimum absolute atomic E-state index is 0.00242. The predicted octanol–water partition coefficient (Wildman–Crippen LogP) is 6.63. The fourth-order valence-electron chi connectivity index (χ4n) is 8.14. The summed E-state index contributed by atoms with van der Waals surface area (Å²) in [6.07, 6.45) is 13.0. The number of carbonyl (C=O) groups excluding carboxylic acids is 1. The van der Waals surface area contributed by atoms with Gasteiger partial charge >= 0.3 is 0 Å². The molecule has 4 aliphatic rings. The molecule has 2 heterocycles. The smallest absolute Gasteiger partial charge is 0.259 e. The zero-order chi connectivity index (χ0) is 28.7. The van der Waals surface area contributed by atoms with Gasteiger partial charge in [0, 0.05) is 17.8 Å². The quantitative estimate of drug-likeness (QED) is 0.233. The first kappa shape index (κ1) is 26.8. The summed E-state index contributed by atoms with van der Waals surface area (Å²) >= 11 is 0. The van der Waals surface area contributed by atoms with Gasteiger partial charge in [-0.05, 0) is 100.0 Å². The van der Waals surface area contributed by atoms with Crippen LogP contribution in [0.4, 0.5) is 5.69 Å². The summed E-state index contributed by atoms with van der Waals surface area (Å²) in [6, 6.07) is 16.1. The van der Waals surface area contributed by atoms with Crippen molar-refractivity contribution in [3.8, 4) is 17.2 Å². The average molecular weight is 566 g/mol. The first-order valence-electron chi connectivity index (χ1n) is 15.4. The number of carbonyl (C=O) groups is 1. The molecule has 0 spiro atoms. The van der Waals surface area contributed by atoms with Crippen LogP contribution < -0.4 is 14.8 Å². The van der Waals surface area contributed by atoms with E-state index in [1.165, 1.54) is 19.3 Å². The Balaban J connectivity index is 1.14. The van der Waals surface area contributed by atoms with Crippen LogP contribution in [0.2, 0.25) is 0 Å². The second kappa shape index (κ2) is 11.0. The van der Waals surface area contributed by atoms with Gasteiger partial charge in [-0.1, -0.05) is 24.3 Å². The number of ether oxygens (including phenoxy) is 2. The van der Waals surface area contributed by atoms with Crippen LogP contribution in [-0.2, 0) is 12.0 Å². The summed E-state index contributed by atoms with van der Waals surface area (Å²) in [6.45, 7) is 5.61. The molecule has 8 rings (SSSR count). The van der Waals surface area contributed by atoms with Crippen molar-refractivity contribution in [1.29, 1.82) is 0 Å². The third-order valence-corrected chi connectivity index (χ3v) is 9.36. The molecule has 4 bridgehead atoms. The van der Waals surface area contributed by atoms with Gasteiger partial charge in [0.15, 0.2) is 11.5 Å². The number of para-hydroxylation sites is 1. The number of nitrogens with zero attached hydrogens (tertiary/aromatic N) is 4. The molecule has 0 saturated heterocycles. The summed E-state index contributed by atoms with van der Waals surface area (Å²) in [5.41, 5.74) is 4.33. The zero-order valence-electron chi connectivity index (χ0n) is 24.5. The number of hydrogen-bond donors (Lipinski definition) is 1. The van der Waals surface area contributed by atoms with Gasteiger partial charge in [-0.2, -0.15) is 10.2 Å². The van der Waals surface area contributed by atoms with Crippen molar-refractivity contribution < 1.29 is 14.3 Å². The molecule has 42 heavy (non-hydrogen) atoms. The van der Waals surface area contributed by atoms with E-state index >= 15 is 0 Å². The highest BCUT2D eigenvalue weighted by molar-refractivity contribution is 6.05. The van der Waals surface area contributed by atoms with Crippen molar-refractivity contribution in [2.75, 3.05) is 18.5 Å². The molecule has 2 aromatic carbocycles. The van der Waals surface area contributed by atoms with Crippen LogP contribution in [0, 0.1) is 17.8 Å². The molecule has 4 fully saturated rings. The summed E-state index contributed by atoms with van der Waals surface area (Å²) in [4.78, 5) is 13.9. The van der Waals surface area contributed by atoms with E-state index in [1.807, 2.05) is 84.1 Å². The Kier molecular flexibility index (Phi) is 7.00. The van der Waals surface area contributed by atoms with Gasteiger partial charge in [0.05, 0.1) is 48.6 Å². The molecule has 1 N–H and O–H groups in total. The molecule has 0 aliphatic heterocycles. The molecule has 218 valence electrons. The van der Waals surface area contributed by atoms with E-state index in [9.17, 15) is 4.79 Å². The molecular weight excluding hydrogens is 526 g/mol. The molecule has 4 aliphatic carbocycles. The highest BCUT2D eigenvalue weighted by Gasteiger charge is 2.54. The van der Waals surface area contributed by atoms with E-state index in [0.717, 1.165) is 65.5 Å². The summed E-state index contributed by atoms with van der Waals surface area (Å²) < 4.78 is 15.2. The highest BCUT2D eigenvalue weighted by Crippen LogP contribution is 2.61. The maximum atomic E-state index is 13.9. The van der Waals surface area contributed by atoms with E-state index in [-0.39, 0.29) is 11.3 Å². The van der Waals surface area contributed by atoms with Crippen molar-refractivity contribution in [3.63, 3.8) is 0 Å². The zero-order valence-corrected chi connectivity index (χ0v) is 24.5. The van der Waals surface area contributed by atoms with Gasteiger partial charge in [0.1, 0.15) is 0 Å². The van der Waals surface area contributed by atoms with Crippen molar-refractivity contribution >= 4 is 11.6 Å². The Hall–Kier alpha value is -4.07. The van der Waals surface area contributed by atoms with E-state index in [1.54, 1.807) is 6.20 Å². The molecule has 1 amide bonds. The maximum Gasteiger partial charge on any atom is 0.259 e. The standard InChI is InChI=1S/C34H39N5O3/c1-3-41-30-11-10-23(15-31(30)42-4-2)20-38-21-27(19-35-38)36-33(40)29-22-39(28-8-6-5-7-9-28)37-32(29)34-16-24-12-25(17-34)14-26(13-24)18-34/h5-11,15,19,21-22,24-26H,3-4,12-14,16-18,20H2,1-2H3,(H,36,40). The van der Waals surface area contributed by atoms with Gasteiger partial charge in [-0.25, -0.2) is 4.68 Å². The number of benzene rings is 2. The Morgan fingerprint density at radius 2 is 1.62 bits per heavy atom. The lowest BCUT2D eigenvalue weighted by atomic mass is 9.48. The molecule has 8 nitrogen and oxygen atoms in total. The van der Waals surface area contributed by atoms with E-state index < -0.39 is 0 Å². The Bertz CT molecular complexity index is 1540. The fraction of sp³-hybridized carbons (Fsp3) is 0.441. The van der Waals surface area contributed by atoms with Gasteiger partial charge in [-0.15, -0.1) is 0 Å². The number of amides is 1. The Labute approximate surface area is 247 Å². The first-order valence-corrected chi connectivity index (χ1v) is 15.4. The van der Waals surface area contributed by atoms with E-state index in [4.69, 9.17) is 14.6 Å². The summed E-state index contributed by atoms with van der Waals surface area (Å²) in [5.74, 6) is 3.63. The topological polar surface area (TPSA) is 83.2 Å². The Morgan fingerprint density at radius 3 is 2.31 bits per heavy atom. The number of anilines is 1. The van der Waals surface area contributed by atoms with Crippen LogP contribution in [0.25, 0.3) is 5.69 Å². The first-order chi connectivity index (χ1) is 20.5. The van der Waals surface area contributed by atoms with Crippen LogP contribution >= 0.6 is 0 Å². The number of hydrogen-bond acceptors (Lipinski definition) is 5. The average Bonchev–Trinajstić information content (AvgIpc) is 3.62. The van der Waals surface area contributed by atoms with Crippen molar-refractivity contribution in [2.45, 2.75) is 64.3 Å². The van der Waals surface area contributed by atoms with Crippen LogP contribution in [-0.4, -0.2) is 38.7 Å². The lowest BCUT2D eigenvalue weighted by Crippen LogP contribution is -2.49. The number of nitrogens with one attached hydrogen (secondary N) is 1. The third kappa shape index (κ3) is 5.08. The van der Waals surface area contributed by atoms with Crippen LogP contribution in [0.1, 0.15) is 74.0 Å². The van der Waals surface area contributed by atoms with E-state index in [0.29, 0.717) is 31.0 Å². The van der Waals surface area contributed by atoms with Crippen LogP contribution in [0.5, 0.6) is 11.5 Å². The minimum atomic E-state index is -0.123. The Morgan fingerprint density at radius 1 is 0.929 bits per heavy atom. The molecule has 4 aromatic rings. The van der Waals surface area contributed by atoms with Crippen molar-refractivity contribution in [1.82, 2.24) is 19.6 Å². The normalized spacial score (nSPS) is 24.1. The molecule has 0 atom stereocenters. The predicted molar refractivity (Wildman–Crippen MR) is 161 cm³/mol. The number of rotatable bonds is 10. The van der Waals surface area contributed by atoms with E-state index in [2.05, 4.69) is 10.4 Å². The number of aromatic nitrogens is 4. The lowest BCUT2D eigenvalue weighted by Gasteiger charge is -2.56. The van der Waals surface area contributed by atoms with Crippen molar-refractivity contribution in [3.05, 3.63) is 83.9 Å². The molecule has 2 aromatic heterocycles. The highest BCUT2D eigenvalue weighted by atomic mass is 16.5. The molecule has 8 heteroatoms. The maximum absolute atomic E-state index is 13.9. The monoisotopic (exact) mass is 565 g/mol. The summed E-state index contributed by atoms with van der Waals surface area (Å²) in [7, 11) is 0. The second-order valence-corrected chi connectivity index (χ2v) is 12.4. The SMILES string of the molecule is CCOc1ccc(Cn2cc(NC(=O)c3cn(-c4ccccc4)nc3C34CC5CC(CC(C5)C3)C4)cn2)cc1OCC. The summed E-state index contributed by atoms with van der Waals surface area (Å²) in [5, 5.41) is 12.8. The fourth-order valence-corrected chi connectivity index (χ4v) is 8.14. The van der Waals surface area contributed by atoms with Crippen molar-refractivity contribution in [2.24, 2.45) is 17.8 Å². The third-order valence-electron chi connectivity index (χ3n) is 9.36. The van der Waals surface area contributed by atoms with Gasteiger partial charge < -0.3 is 14.8 Å². The van der Waals surface area contributed by atoms with Crippen LogP contribution in [0.15, 0.2) is 67.1 Å². The molecular formula is C34H39N5O3. The largest absolute Gasteiger partial charge is 0.490 e. The van der Waals surface area contributed by atoms with Gasteiger partial charge in [0.25, 0.3) is 5.91 Å². The van der Waals surface area contributed by atoms with Crippen LogP contribution in [0.3, 0.4) is 0 Å². The van der Waals surface area contributed by atoms with Gasteiger partial charge in [-0.3, -0.25) is 9.48 Å². The second-order valence-electron chi connectivity index (χ2n) is 12.4. The lowest BCUT2D eigenvalue weighted by molar-refractivity contribution is -0.00765.